The summed E-state index contributed by atoms with van der Waals surface area (Å²) >= 11 is 0. The fourth-order valence-corrected chi connectivity index (χ4v) is 2.25. The summed E-state index contributed by atoms with van der Waals surface area (Å²) in [5, 5.41) is 12.1. The number of rotatable bonds is 15. The summed E-state index contributed by atoms with van der Waals surface area (Å²) in [5.74, 6) is 0. The zero-order valence-electron chi connectivity index (χ0n) is 12.6. The molecule has 0 bridgehead atoms. The van der Waals surface area contributed by atoms with Crippen molar-refractivity contribution in [1.82, 2.24) is 5.32 Å². The third-order valence-corrected chi connectivity index (χ3v) is 3.44. The Morgan fingerprint density at radius 2 is 1.06 bits per heavy atom. The van der Waals surface area contributed by atoms with E-state index in [0.717, 1.165) is 6.42 Å². The summed E-state index contributed by atoms with van der Waals surface area (Å²) in [4.78, 5) is 0. The molecule has 0 amide bonds. The van der Waals surface area contributed by atoms with E-state index < -0.39 is 0 Å². The van der Waals surface area contributed by atoms with Crippen LogP contribution in [0.15, 0.2) is 0 Å². The minimum atomic E-state index is 0.368. The molecule has 0 aliphatic heterocycles. The Labute approximate surface area is 115 Å². The van der Waals surface area contributed by atoms with Crippen molar-refractivity contribution in [3.8, 4) is 0 Å². The number of aliphatic hydroxyl groups is 1. The molecule has 0 aromatic carbocycles. The number of aliphatic hydroxyl groups excluding tert-OH is 1. The molecule has 0 aliphatic carbocycles. The van der Waals surface area contributed by atoms with Crippen molar-refractivity contribution in [2.45, 2.75) is 84.0 Å². The van der Waals surface area contributed by atoms with Crippen LogP contribution in [0.25, 0.3) is 0 Å². The van der Waals surface area contributed by atoms with E-state index in [2.05, 4.69) is 12.2 Å². The fraction of sp³-hybridized carbons (Fsp3) is 1.00. The lowest BCUT2D eigenvalue weighted by Gasteiger charge is -2.03. The Hall–Kier alpha value is -0.0800. The topological polar surface area (TPSA) is 32.3 Å². The summed E-state index contributed by atoms with van der Waals surface area (Å²) in [5.41, 5.74) is 0. The Kier molecular flexibility index (Phi) is 16.8. The fourth-order valence-electron chi connectivity index (χ4n) is 2.25. The minimum absolute atomic E-state index is 0.368. The van der Waals surface area contributed by atoms with Gasteiger partial charge >= 0.3 is 0 Å². The number of unbranched alkanes of at least 4 members (excludes halogenated alkanes) is 10. The van der Waals surface area contributed by atoms with Crippen molar-refractivity contribution >= 4 is 0 Å². The number of nitrogens with one attached hydrogen (secondary N) is 1. The first kappa shape index (κ1) is 17.9. The first-order chi connectivity index (χ1) is 8.91. The van der Waals surface area contributed by atoms with E-state index in [9.17, 15) is 0 Å². The van der Waals surface area contributed by atoms with Gasteiger partial charge in [-0.2, -0.15) is 0 Å². The van der Waals surface area contributed by atoms with E-state index >= 15 is 0 Å². The molecule has 0 fully saturated rings. The Bertz CT molecular complexity index is 123. The van der Waals surface area contributed by atoms with Crippen LogP contribution in [-0.4, -0.2) is 24.8 Å². The summed E-state index contributed by atoms with van der Waals surface area (Å²) in [6, 6.07) is 0. The molecule has 0 saturated heterocycles. The monoisotopic (exact) mass is 257 g/mol. The van der Waals surface area contributed by atoms with Crippen LogP contribution in [0.3, 0.4) is 0 Å². The van der Waals surface area contributed by atoms with Crippen LogP contribution < -0.4 is 5.32 Å². The average Bonchev–Trinajstić information content (AvgIpc) is 2.39. The molecule has 0 heterocycles. The second kappa shape index (κ2) is 16.9. The van der Waals surface area contributed by atoms with E-state index in [0.29, 0.717) is 6.61 Å². The van der Waals surface area contributed by atoms with Gasteiger partial charge in [0.15, 0.2) is 0 Å². The van der Waals surface area contributed by atoms with E-state index in [4.69, 9.17) is 5.11 Å². The van der Waals surface area contributed by atoms with Crippen LogP contribution in [0.1, 0.15) is 84.0 Å². The molecule has 0 atom stereocenters. The molecule has 18 heavy (non-hydrogen) atoms. The van der Waals surface area contributed by atoms with Crippen molar-refractivity contribution < 1.29 is 5.11 Å². The van der Waals surface area contributed by atoms with Crippen molar-refractivity contribution in [1.29, 1.82) is 0 Å². The van der Waals surface area contributed by atoms with Crippen LogP contribution in [0, 0.1) is 0 Å². The molecule has 0 aliphatic rings. The van der Waals surface area contributed by atoms with Gasteiger partial charge in [-0.1, -0.05) is 64.7 Å². The molecule has 0 aromatic heterocycles. The molecular formula is C16H35NO. The molecule has 0 saturated carbocycles. The second-order valence-electron chi connectivity index (χ2n) is 5.36. The van der Waals surface area contributed by atoms with Gasteiger partial charge in [0.1, 0.15) is 0 Å². The van der Waals surface area contributed by atoms with E-state index in [-0.39, 0.29) is 0 Å². The van der Waals surface area contributed by atoms with Crippen molar-refractivity contribution in [3.05, 3.63) is 0 Å². The van der Waals surface area contributed by atoms with Crippen molar-refractivity contribution in [2.75, 3.05) is 19.7 Å². The predicted molar refractivity (Wildman–Crippen MR) is 81.0 cm³/mol. The highest BCUT2D eigenvalue weighted by Gasteiger charge is 1.93. The molecule has 0 unspecified atom stereocenters. The number of hydrogen-bond acceptors (Lipinski definition) is 2. The molecule has 0 rings (SSSR count). The summed E-state index contributed by atoms with van der Waals surface area (Å²) in [6.45, 7) is 4.97. The highest BCUT2D eigenvalue weighted by atomic mass is 16.2. The quantitative estimate of drug-likeness (QED) is 0.429. The van der Waals surface area contributed by atoms with Gasteiger partial charge < -0.3 is 10.4 Å². The third-order valence-electron chi connectivity index (χ3n) is 3.44. The molecule has 2 N–H and O–H groups in total. The lowest BCUT2D eigenvalue weighted by molar-refractivity contribution is 0.282. The highest BCUT2D eigenvalue weighted by Crippen LogP contribution is 2.10. The maximum absolute atomic E-state index is 8.65. The van der Waals surface area contributed by atoms with Crippen LogP contribution in [-0.2, 0) is 0 Å². The summed E-state index contributed by atoms with van der Waals surface area (Å²) in [6.07, 6.45) is 15.9. The van der Waals surface area contributed by atoms with Gasteiger partial charge in [0.05, 0.1) is 0 Å². The zero-order chi connectivity index (χ0) is 13.3. The van der Waals surface area contributed by atoms with Crippen molar-refractivity contribution in [3.63, 3.8) is 0 Å². The molecule has 2 heteroatoms. The molecular weight excluding hydrogens is 222 g/mol. The SMILES string of the molecule is CCCNCCCCCCCCCCCCCO. The van der Waals surface area contributed by atoms with Crippen LogP contribution in [0.5, 0.6) is 0 Å². The summed E-state index contributed by atoms with van der Waals surface area (Å²) in [7, 11) is 0. The maximum Gasteiger partial charge on any atom is 0.0431 e. The zero-order valence-corrected chi connectivity index (χ0v) is 12.6. The Morgan fingerprint density at radius 3 is 1.50 bits per heavy atom. The number of hydrogen-bond donors (Lipinski definition) is 2. The largest absolute Gasteiger partial charge is 0.396 e. The van der Waals surface area contributed by atoms with E-state index in [1.807, 2.05) is 0 Å². The van der Waals surface area contributed by atoms with Gasteiger partial charge in [0, 0.05) is 6.61 Å². The Morgan fingerprint density at radius 1 is 0.611 bits per heavy atom. The highest BCUT2D eigenvalue weighted by molar-refractivity contribution is 4.50. The molecule has 0 spiro atoms. The smallest absolute Gasteiger partial charge is 0.0431 e. The lowest BCUT2D eigenvalue weighted by Crippen LogP contribution is -2.15. The second-order valence-corrected chi connectivity index (χ2v) is 5.36. The molecule has 110 valence electrons. The van der Waals surface area contributed by atoms with Gasteiger partial charge in [-0.3, -0.25) is 0 Å². The predicted octanol–water partition coefficient (Wildman–Crippen LogP) is 4.27. The van der Waals surface area contributed by atoms with Gasteiger partial charge in [-0.25, -0.2) is 0 Å². The summed E-state index contributed by atoms with van der Waals surface area (Å²) < 4.78 is 0. The van der Waals surface area contributed by atoms with E-state index in [1.165, 1.54) is 83.7 Å². The van der Waals surface area contributed by atoms with Gasteiger partial charge in [-0.15, -0.1) is 0 Å². The van der Waals surface area contributed by atoms with E-state index in [1.54, 1.807) is 0 Å². The van der Waals surface area contributed by atoms with Gasteiger partial charge in [0.2, 0.25) is 0 Å². The van der Waals surface area contributed by atoms with Crippen LogP contribution in [0.4, 0.5) is 0 Å². The first-order valence-corrected chi connectivity index (χ1v) is 8.23. The third kappa shape index (κ3) is 15.9. The Balaban J connectivity index is 2.86. The first-order valence-electron chi connectivity index (χ1n) is 8.23. The average molecular weight is 257 g/mol. The van der Waals surface area contributed by atoms with Gasteiger partial charge in [0.25, 0.3) is 0 Å². The van der Waals surface area contributed by atoms with Crippen LogP contribution in [0.2, 0.25) is 0 Å². The van der Waals surface area contributed by atoms with Crippen molar-refractivity contribution in [2.24, 2.45) is 0 Å². The standard InChI is InChI=1S/C16H35NO/c1-2-14-17-15-12-10-8-6-4-3-5-7-9-11-13-16-18/h17-18H,2-16H2,1H3. The van der Waals surface area contributed by atoms with Crippen LogP contribution >= 0.6 is 0 Å². The maximum atomic E-state index is 8.65. The minimum Gasteiger partial charge on any atom is -0.396 e. The van der Waals surface area contributed by atoms with Gasteiger partial charge in [-0.05, 0) is 32.4 Å². The molecule has 0 aromatic rings. The molecule has 2 nitrogen and oxygen atoms in total. The normalized spacial score (nSPS) is 11.0. The molecule has 0 radical (unpaired) electrons. The lowest BCUT2D eigenvalue weighted by atomic mass is 10.1.